The zero-order valence-electron chi connectivity index (χ0n) is 10.5. The molecule has 3 unspecified atom stereocenters. The van der Waals surface area contributed by atoms with Gasteiger partial charge >= 0.3 is 0 Å². The predicted molar refractivity (Wildman–Crippen MR) is 71.1 cm³/mol. The van der Waals surface area contributed by atoms with Crippen LogP contribution in [0, 0.1) is 0 Å². The van der Waals surface area contributed by atoms with Gasteiger partial charge in [-0.3, -0.25) is 0 Å². The van der Waals surface area contributed by atoms with Crippen LogP contribution in [0.15, 0.2) is 18.2 Å². The molecule has 0 radical (unpaired) electrons. The number of nitrogens with one attached hydrogen (secondary N) is 1. The number of methoxy groups -OCH3 is 1. The highest BCUT2D eigenvalue weighted by Gasteiger charge is 2.40. The monoisotopic (exact) mass is 267 g/mol. The van der Waals surface area contributed by atoms with Crippen molar-refractivity contribution in [2.75, 3.05) is 7.11 Å². The molecule has 2 fully saturated rings. The van der Waals surface area contributed by atoms with E-state index in [0.717, 1.165) is 18.7 Å². The highest BCUT2D eigenvalue weighted by molar-refractivity contribution is 6.32. The number of rotatable bonds is 4. The maximum Gasteiger partial charge on any atom is 0.137 e. The maximum absolute atomic E-state index is 6.11. The lowest BCUT2D eigenvalue weighted by Gasteiger charge is -2.20. The predicted octanol–water partition coefficient (Wildman–Crippen LogP) is 2.76. The first-order chi connectivity index (χ1) is 8.76. The third-order valence-electron chi connectivity index (χ3n) is 3.89. The lowest BCUT2D eigenvalue weighted by molar-refractivity contribution is 0.0973. The number of fused-ring (bicyclic) bond motifs is 2. The van der Waals surface area contributed by atoms with Crippen LogP contribution in [0.4, 0.5) is 0 Å². The van der Waals surface area contributed by atoms with Crippen molar-refractivity contribution >= 4 is 11.6 Å². The molecular weight excluding hydrogens is 250 g/mol. The normalized spacial score (nSPS) is 29.8. The quantitative estimate of drug-likeness (QED) is 0.910. The lowest BCUT2D eigenvalue weighted by Crippen LogP contribution is -2.36. The van der Waals surface area contributed by atoms with Gasteiger partial charge in [0.2, 0.25) is 0 Å². The molecule has 3 nitrogen and oxygen atoms in total. The molecule has 4 heteroatoms. The summed E-state index contributed by atoms with van der Waals surface area (Å²) in [5.74, 6) is 0.726. The van der Waals surface area contributed by atoms with Gasteiger partial charge in [-0.25, -0.2) is 0 Å². The molecule has 1 N–H and O–H groups in total. The van der Waals surface area contributed by atoms with Gasteiger partial charge in [-0.2, -0.15) is 0 Å². The van der Waals surface area contributed by atoms with Crippen molar-refractivity contribution in [1.29, 1.82) is 0 Å². The minimum absolute atomic E-state index is 0.420. The fourth-order valence-corrected chi connectivity index (χ4v) is 3.20. The van der Waals surface area contributed by atoms with Crippen molar-refractivity contribution < 1.29 is 9.47 Å². The van der Waals surface area contributed by atoms with Crippen LogP contribution in [0.5, 0.6) is 5.75 Å². The van der Waals surface area contributed by atoms with E-state index in [1.165, 1.54) is 18.4 Å². The Balaban J connectivity index is 1.58. The zero-order valence-corrected chi connectivity index (χ0v) is 11.2. The lowest BCUT2D eigenvalue weighted by atomic mass is 9.95. The molecule has 2 aliphatic heterocycles. The highest BCUT2D eigenvalue weighted by atomic mass is 35.5. The van der Waals surface area contributed by atoms with E-state index in [1.807, 2.05) is 18.2 Å². The minimum atomic E-state index is 0.420. The van der Waals surface area contributed by atoms with Crippen molar-refractivity contribution in [2.45, 2.75) is 44.1 Å². The van der Waals surface area contributed by atoms with E-state index in [0.29, 0.717) is 23.3 Å². The molecule has 18 heavy (non-hydrogen) atoms. The SMILES string of the molecule is COc1ccc(CNC2CC3CCC2O3)cc1Cl. The molecular formula is C14H18ClNO2. The summed E-state index contributed by atoms with van der Waals surface area (Å²) in [6.07, 6.45) is 4.49. The van der Waals surface area contributed by atoms with Crippen molar-refractivity contribution in [3.63, 3.8) is 0 Å². The summed E-state index contributed by atoms with van der Waals surface area (Å²) in [5.41, 5.74) is 1.18. The molecule has 2 heterocycles. The number of hydrogen-bond donors (Lipinski definition) is 1. The molecule has 0 amide bonds. The van der Waals surface area contributed by atoms with Crippen LogP contribution < -0.4 is 10.1 Å². The van der Waals surface area contributed by atoms with Gasteiger partial charge in [0.15, 0.2) is 0 Å². The van der Waals surface area contributed by atoms with Crippen molar-refractivity contribution in [1.82, 2.24) is 5.32 Å². The van der Waals surface area contributed by atoms with Crippen LogP contribution in [-0.2, 0) is 11.3 Å². The summed E-state index contributed by atoms with van der Waals surface area (Å²) in [6, 6.07) is 6.42. The molecule has 2 aliphatic rings. The second-order valence-electron chi connectivity index (χ2n) is 5.07. The number of benzene rings is 1. The summed E-state index contributed by atoms with van der Waals surface area (Å²) in [5, 5.41) is 4.24. The average molecular weight is 268 g/mol. The summed E-state index contributed by atoms with van der Waals surface area (Å²) >= 11 is 6.11. The van der Waals surface area contributed by atoms with Gasteiger partial charge in [-0.05, 0) is 37.0 Å². The van der Waals surface area contributed by atoms with Gasteiger partial charge in [0, 0.05) is 12.6 Å². The van der Waals surface area contributed by atoms with E-state index in [4.69, 9.17) is 21.1 Å². The van der Waals surface area contributed by atoms with E-state index in [2.05, 4.69) is 5.32 Å². The van der Waals surface area contributed by atoms with Gasteiger partial charge in [-0.15, -0.1) is 0 Å². The second kappa shape index (κ2) is 5.08. The Bertz CT molecular complexity index is 438. The summed E-state index contributed by atoms with van der Waals surface area (Å²) < 4.78 is 11.0. The molecule has 2 bridgehead atoms. The Hall–Kier alpha value is -0.770. The molecule has 0 aromatic heterocycles. The van der Waals surface area contributed by atoms with Crippen molar-refractivity contribution in [3.05, 3.63) is 28.8 Å². The standard InChI is InChI=1S/C14H18ClNO2/c1-17-13-4-2-9(6-11(13)15)8-16-12-7-10-3-5-14(12)18-10/h2,4,6,10,12,14,16H,3,5,7-8H2,1H3. The van der Waals surface area contributed by atoms with E-state index >= 15 is 0 Å². The fourth-order valence-electron chi connectivity index (χ4n) is 2.92. The number of halogens is 1. The number of hydrogen-bond acceptors (Lipinski definition) is 3. The first kappa shape index (κ1) is 12.3. The molecule has 2 saturated heterocycles. The van der Waals surface area contributed by atoms with Gasteiger partial charge in [0.25, 0.3) is 0 Å². The largest absolute Gasteiger partial charge is 0.495 e. The van der Waals surface area contributed by atoms with E-state index in [-0.39, 0.29) is 0 Å². The molecule has 0 aliphatic carbocycles. The molecule has 0 spiro atoms. The summed E-state index contributed by atoms with van der Waals surface area (Å²) in [4.78, 5) is 0. The highest BCUT2D eigenvalue weighted by Crippen LogP contribution is 2.34. The van der Waals surface area contributed by atoms with Gasteiger partial charge in [0.1, 0.15) is 5.75 Å². The van der Waals surface area contributed by atoms with E-state index in [1.54, 1.807) is 7.11 Å². The molecule has 1 aromatic carbocycles. The topological polar surface area (TPSA) is 30.5 Å². The van der Waals surface area contributed by atoms with Gasteiger partial charge < -0.3 is 14.8 Å². The van der Waals surface area contributed by atoms with E-state index in [9.17, 15) is 0 Å². The summed E-state index contributed by atoms with van der Waals surface area (Å²) in [7, 11) is 1.63. The second-order valence-corrected chi connectivity index (χ2v) is 5.47. The Morgan fingerprint density at radius 2 is 2.33 bits per heavy atom. The Morgan fingerprint density at radius 1 is 1.44 bits per heavy atom. The third kappa shape index (κ3) is 2.35. The van der Waals surface area contributed by atoms with Crippen LogP contribution in [0.1, 0.15) is 24.8 Å². The van der Waals surface area contributed by atoms with Crippen LogP contribution in [0.2, 0.25) is 5.02 Å². The first-order valence-corrected chi connectivity index (χ1v) is 6.85. The molecule has 1 aromatic rings. The van der Waals surface area contributed by atoms with Crippen molar-refractivity contribution in [2.24, 2.45) is 0 Å². The van der Waals surface area contributed by atoms with E-state index < -0.39 is 0 Å². The average Bonchev–Trinajstić information content (AvgIpc) is 2.98. The maximum atomic E-state index is 6.11. The summed E-state index contributed by atoms with van der Waals surface area (Å²) in [6.45, 7) is 0.834. The van der Waals surface area contributed by atoms with Crippen LogP contribution >= 0.6 is 11.6 Å². The Kier molecular flexibility index (Phi) is 3.46. The smallest absolute Gasteiger partial charge is 0.137 e. The molecule has 3 atom stereocenters. The third-order valence-corrected chi connectivity index (χ3v) is 4.19. The minimum Gasteiger partial charge on any atom is -0.495 e. The van der Waals surface area contributed by atoms with Crippen LogP contribution in [0.25, 0.3) is 0 Å². The zero-order chi connectivity index (χ0) is 12.5. The van der Waals surface area contributed by atoms with Crippen LogP contribution in [0.3, 0.4) is 0 Å². The van der Waals surface area contributed by atoms with Gasteiger partial charge in [-0.1, -0.05) is 17.7 Å². The Morgan fingerprint density at radius 3 is 2.94 bits per heavy atom. The first-order valence-electron chi connectivity index (χ1n) is 6.47. The molecule has 3 rings (SSSR count). The van der Waals surface area contributed by atoms with Crippen molar-refractivity contribution in [3.8, 4) is 5.75 Å². The van der Waals surface area contributed by atoms with Crippen LogP contribution in [-0.4, -0.2) is 25.4 Å². The van der Waals surface area contributed by atoms with Gasteiger partial charge in [0.05, 0.1) is 24.3 Å². The fraction of sp³-hybridized carbons (Fsp3) is 0.571. The Labute approximate surface area is 112 Å². The number of ether oxygens (including phenoxy) is 2. The molecule has 98 valence electrons. The molecule has 0 saturated carbocycles.